The summed E-state index contributed by atoms with van der Waals surface area (Å²) in [6, 6.07) is 14.2. The van der Waals surface area contributed by atoms with E-state index in [2.05, 4.69) is 27.0 Å². The van der Waals surface area contributed by atoms with Crippen LogP contribution >= 0.6 is 0 Å². The Balaban J connectivity index is 1.96. The zero-order valence-corrected chi connectivity index (χ0v) is 15.1. The van der Waals surface area contributed by atoms with Gasteiger partial charge in [0.2, 0.25) is 5.95 Å². The van der Waals surface area contributed by atoms with Crippen LogP contribution in [0, 0.1) is 5.82 Å². The van der Waals surface area contributed by atoms with Gasteiger partial charge in [0.15, 0.2) is 0 Å². The lowest BCUT2D eigenvalue weighted by atomic mass is 10.2. The largest absolute Gasteiger partial charge is 0.368 e. The van der Waals surface area contributed by atoms with Crippen LogP contribution in [0.5, 0.6) is 0 Å². The maximum Gasteiger partial charge on any atom is 0.221 e. The average molecular weight is 362 g/mol. The minimum Gasteiger partial charge on any atom is -0.368 e. The van der Waals surface area contributed by atoms with E-state index in [0.29, 0.717) is 11.6 Å². The van der Waals surface area contributed by atoms with Crippen molar-refractivity contribution in [2.45, 2.75) is 6.54 Å². The van der Waals surface area contributed by atoms with Gasteiger partial charge < -0.3 is 10.6 Å². The summed E-state index contributed by atoms with van der Waals surface area (Å²) in [6.45, 7) is 0.815. The second-order valence-corrected chi connectivity index (χ2v) is 6.61. The molecule has 27 heavy (non-hydrogen) atoms. The van der Waals surface area contributed by atoms with E-state index in [1.807, 2.05) is 24.7 Å². The molecule has 0 spiro atoms. The van der Waals surface area contributed by atoms with Crippen LogP contribution in [-0.4, -0.2) is 38.5 Å². The van der Waals surface area contributed by atoms with Crippen LogP contribution in [0.15, 0.2) is 54.7 Å². The minimum absolute atomic E-state index is 0.184. The van der Waals surface area contributed by atoms with E-state index < -0.39 is 0 Å². The predicted molar refractivity (Wildman–Crippen MR) is 104 cm³/mol. The Morgan fingerprint density at radius 3 is 2.52 bits per heavy atom. The molecule has 0 amide bonds. The van der Waals surface area contributed by atoms with Crippen LogP contribution < -0.4 is 5.73 Å². The van der Waals surface area contributed by atoms with E-state index in [1.54, 1.807) is 24.4 Å². The van der Waals surface area contributed by atoms with Crippen molar-refractivity contribution in [3.8, 4) is 17.2 Å². The van der Waals surface area contributed by atoms with Gasteiger partial charge in [-0.25, -0.2) is 14.4 Å². The first-order valence-electron chi connectivity index (χ1n) is 8.52. The number of anilines is 1. The molecular formula is C20H19FN6. The molecule has 0 unspecified atom stereocenters. The molecule has 0 saturated carbocycles. The van der Waals surface area contributed by atoms with Crippen LogP contribution in [0.3, 0.4) is 0 Å². The first kappa shape index (κ1) is 17.1. The van der Waals surface area contributed by atoms with Crippen molar-refractivity contribution < 1.29 is 4.39 Å². The van der Waals surface area contributed by atoms with Crippen molar-refractivity contribution >= 4 is 17.0 Å². The van der Waals surface area contributed by atoms with Gasteiger partial charge in [-0.15, -0.1) is 0 Å². The van der Waals surface area contributed by atoms with Gasteiger partial charge in [0.25, 0.3) is 0 Å². The van der Waals surface area contributed by atoms with Crippen molar-refractivity contribution in [3.63, 3.8) is 0 Å². The van der Waals surface area contributed by atoms with E-state index in [9.17, 15) is 4.39 Å². The van der Waals surface area contributed by atoms with Crippen LogP contribution in [0.4, 0.5) is 10.3 Å². The molecule has 0 aliphatic rings. The van der Waals surface area contributed by atoms with E-state index in [-0.39, 0.29) is 11.8 Å². The van der Waals surface area contributed by atoms with Crippen molar-refractivity contribution in [2.75, 3.05) is 19.8 Å². The molecule has 2 aromatic heterocycles. The van der Waals surface area contributed by atoms with Gasteiger partial charge in [-0.1, -0.05) is 6.07 Å². The minimum atomic E-state index is -0.291. The summed E-state index contributed by atoms with van der Waals surface area (Å²) in [4.78, 5) is 15.2. The monoisotopic (exact) mass is 362 g/mol. The maximum absolute atomic E-state index is 13.4. The Bertz CT molecular complexity index is 1100. The third kappa shape index (κ3) is 3.37. The van der Waals surface area contributed by atoms with E-state index in [0.717, 1.165) is 28.7 Å². The highest BCUT2D eigenvalue weighted by Crippen LogP contribution is 2.29. The molecular weight excluding hydrogens is 343 g/mol. The number of fused-ring (bicyclic) bond motifs is 1. The molecule has 0 saturated heterocycles. The third-order valence-electron chi connectivity index (χ3n) is 4.21. The van der Waals surface area contributed by atoms with Gasteiger partial charge in [-0.2, -0.15) is 4.98 Å². The highest BCUT2D eigenvalue weighted by atomic mass is 19.1. The van der Waals surface area contributed by atoms with E-state index in [1.165, 1.54) is 12.1 Å². The summed E-state index contributed by atoms with van der Waals surface area (Å²) < 4.78 is 15.3. The summed E-state index contributed by atoms with van der Waals surface area (Å²) in [6.07, 6.45) is 1.61. The van der Waals surface area contributed by atoms with Crippen LogP contribution in [0.25, 0.3) is 28.2 Å². The molecule has 4 aromatic rings. The number of halogens is 1. The predicted octanol–water partition coefficient (Wildman–Crippen LogP) is 3.27. The summed E-state index contributed by atoms with van der Waals surface area (Å²) in [5.41, 5.74) is 9.47. The SMILES string of the molecule is CN(C)Cc1ccc2c(c1)nc(-c1ccc(F)cc1)n2-c1ccnc(N)n1. The van der Waals surface area contributed by atoms with Gasteiger partial charge in [-0.05, 0) is 62.1 Å². The molecule has 2 heterocycles. The van der Waals surface area contributed by atoms with Crippen molar-refractivity contribution in [2.24, 2.45) is 0 Å². The van der Waals surface area contributed by atoms with Crippen molar-refractivity contribution in [1.82, 2.24) is 24.4 Å². The summed E-state index contributed by atoms with van der Waals surface area (Å²) in [7, 11) is 4.05. The number of nitrogens with two attached hydrogens (primary N) is 1. The topological polar surface area (TPSA) is 72.9 Å². The van der Waals surface area contributed by atoms with E-state index >= 15 is 0 Å². The molecule has 2 aromatic carbocycles. The fraction of sp³-hybridized carbons (Fsp3) is 0.150. The van der Waals surface area contributed by atoms with Gasteiger partial charge in [-0.3, -0.25) is 4.57 Å². The zero-order chi connectivity index (χ0) is 19.0. The Hall–Kier alpha value is -3.32. The quantitative estimate of drug-likeness (QED) is 0.603. The standard InChI is InChI=1S/C20H19FN6/c1-26(2)12-13-3-8-17-16(11-13)24-19(14-4-6-15(21)7-5-14)27(17)18-9-10-23-20(22)25-18/h3-11H,12H2,1-2H3,(H2,22,23,25). The fourth-order valence-corrected chi connectivity index (χ4v) is 3.10. The molecule has 2 N–H and O–H groups in total. The molecule has 0 radical (unpaired) electrons. The lowest BCUT2D eigenvalue weighted by molar-refractivity contribution is 0.402. The Labute approximate surface area is 156 Å². The smallest absolute Gasteiger partial charge is 0.221 e. The highest BCUT2D eigenvalue weighted by molar-refractivity contribution is 5.83. The fourth-order valence-electron chi connectivity index (χ4n) is 3.10. The average Bonchev–Trinajstić information content (AvgIpc) is 3.00. The second kappa shape index (κ2) is 6.77. The number of benzene rings is 2. The van der Waals surface area contributed by atoms with Crippen molar-refractivity contribution in [1.29, 1.82) is 0 Å². The summed E-state index contributed by atoms with van der Waals surface area (Å²) in [5.74, 6) is 1.18. The summed E-state index contributed by atoms with van der Waals surface area (Å²) >= 11 is 0. The second-order valence-electron chi connectivity index (χ2n) is 6.61. The Kier molecular flexibility index (Phi) is 4.29. The molecule has 6 nitrogen and oxygen atoms in total. The number of imidazole rings is 1. The molecule has 0 bridgehead atoms. The number of hydrogen-bond donors (Lipinski definition) is 1. The normalized spacial score (nSPS) is 11.4. The summed E-state index contributed by atoms with van der Waals surface area (Å²) in [5, 5.41) is 0. The highest BCUT2D eigenvalue weighted by Gasteiger charge is 2.16. The molecule has 7 heteroatoms. The Morgan fingerprint density at radius 2 is 1.81 bits per heavy atom. The lowest BCUT2D eigenvalue weighted by Gasteiger charge is -2.10. The molecule has 136 valence electrons. The number of nitrogen functional groups attached to an aromatic ring is 1. The van der Waals surface area contributed by atoms with Gasteiger partial charge in [0.1, 0.15) is 17.5 Å². The number of rotatable bonds is 4. The van der Waals surface area contributed by atoms with Crippen molar-refractivity contribution in [3.05, 3.63) is 66.1 Å². The van der Waals surface area contributed by atoms with Crippen LogP contribution in [-0.2, 0) is 6.54 Å². The Morgan fingerprint density at radius 1 is 1.04 bits per heavy atom. The van der Waals surface area contributed by atoms with E-state index in [4.69, 9.17) is 10.7 Å². The van der Waals surface area contributed by atoms with Gasteiger partial charge >= 0.3 is 0 Å². The third-order valence-corrected chi connectivity index (χ3v) is 4.21. The molecule has 0 atom stereocenters. The lowest BCUT2D eigenvalue weighted by Crippen LogP contribution is -2.10. The molecule has 0 fully saturated rings. The number of nitrogens with zero attached hydrogens (tertiary/aromatic N) is 5. The zero-order valence-electron chi connectivity index (χ0n) is 15.1. The molecule has 0 aliphatic heterocycles. The molecule has 0 aliphatic carbocycles. The van der Waals surface area contributed by atoms with Gasteiger partial charge in [0, 0.05) is 18.3 Å². The maximum atomic E-state index is 13.4. The van der Waals surface area contributed by atoms with Crippen LogP contribution in [0.1, 0.15) is 5.56 Å². The van der Waals surface area contributed by atoms with Gasteiger partial charge in [0.05, 0.1) is 11.0 Å². The first-order chi connectivity index (χ1) is 13.0. The first-order valence-corrected chi connectivity index (χ1v) is 8.52. The van der Waals surface area contributed by atoms with Crippen LogP contribution in [0.2, 0.25) is 0 Å². The number of hydrogen-bond acceptors (Lipinski definition) is 5. The molecule has 4 rings (SSSR count). The number of aromatic nitrogens is 4.